The molecule has 1 aromatic carbocycles. The van der Waals surface area contributed by atoms with Crippen LogP contribution in [0.4, 0.5) is 0 Å². The van der Waals surface area contributed by atoms with Crippen LogP contribution < -0.4 is 5.32 Å². The highest BCUT2D eigenvalue weighted by Crippen LogP contribution is 2.23. The van der Waals surface area contributed by atoms with E-state index in [0.717, 1.165) is 22.3 Å². The van der Waals surface area contributed by atoms with Crippen molar-refractivity contribution in [2.45, 2.75) is 13.0 Å². The van der Waals surface area contributed by atoms with Crippen molar-refractivity contribution in [3.05, 3.63) is 72.3 Å². The van der Waals surface area contributed by atoms with E-state index in [4.69, 9.17) is 4.42 Å². The minimum Gasteiger partial charge on any atom is -0.459 e. The standard InChI is InChI=1S/C18H16N2O2/c1-13(17-11-15-6-2-3-7-16(15)22-17)20-18(21)9-8-14-5-4-10-19-12-14/h2-13H,1H3,(H,20,21)/b9-8+. The van der Waals surface area contributed by atoms with Gasteiger partial charge in [-0.15, -0.1) is 0 Å². The fourth-order valence-electron chi connectivity index (χ4n) is 2.19. The van der Waals surface area contributed by atoms with E-state index in [-0.39, 0.29) is 11.9 Å². The Labute approximate surface area is 128 Å². The number of aromatic nitrogens is 1. The molecule has 0 saturated carbocycles. The Kier molecular flexibility index (Phi) is 4.01. The van der Waals surface area contributed by atoms with E-state index in [0.29, 0.717) is 0 Å². The maximum absolute atomic E-state index is 12.0. The molecule has 0 aliphatic carbocycles. The molecular weight excluding hydrogens is 276 g/mol. The Morgan fingerprint density at radius 1 is 1.27 bits per heavy atom. The van der Waals surface area contributed by atoms with Crippen molar-refractivity contribution in [2.75, 3.05) is 0 Å². The van der Waals surface area contributed by atoms with Gasteiger partial charge in [0.2, 0.25) is 5.91 Å². The molecule has 0 spiro atoms. The van der Waals surface area contributed by atoms with Crippen molar-refractivity contribution in [2.24, 2.45) is 0 Å². The van der Waals surface area contributed by atoms with Crippen LogP contribution in [0.2, 0.25) is 0 Å². The molecule has 4 nitrogen and oxygen atoms in total. The first kappa shape index (κ1) is 14.1. The zero-order chi connectivity index (χ0) is 15.4. The maximum Gasteiger partial charge on any atom is 0.244 e. The number of carbonyl (C=O) groups is 1. The molecule has 0 fully saturated rings. The fourth-order valence-corrected chi connectivity index (χ4v) is 2.19. The van der Waals surface area contributed by atoms with Crippen LogP contribution >= 0.6 is 0 Å². The number of hydrogen-bond donors (Lipinski definition) is 1. The fraction of sp³-hybridized carbons (Fsp3) is 0.111. The molecule has 1 amide bonds. The number of hydrogen-bond acceptors (Lipinski definition) is 3. The topological polar surface area (TPSA) is 55.1 Å². The number of rotatable bonds is 4. The number of fused-ring (bicyclic) bond motifs is 1. The summed E-state index contributed by atoms with van der Waals surface area (Å²) in [5.74, 6) is 0.570. The molecule has 0 radical (unpaired) electrons. The first-order chi connectivity index (χ1) is 10.7. The van der Waals surface area contributed by atoms with Crippen LogP contribution in [0.15, 0.2) is 65.4 Å². The van der Waals surface area contributed by atoms with E-state index in [1.54, 1.807) is 18.5 Å². The van der Waals surface area contributed by atoms with Gasteiger partial charge >= 0.3 is 0 Å². The minimum atomic E-state index is -0.196. The summed E-state index contributed by atoms with van der Waals surface area (Å²) in [4.78, 5) is 16.0. The van der Waals surface area contributed by atoms with E-state index < -0.39 is 0 Å². The van der Waals surface area contributed by atoms with Crippen LogP contribution in [-0.2, 0) is 4.79 Å². The molecule has 1 atom stereocenters. The molecule has 110 valence electrons. The smallest absolute Gasteiger partial charge is 0.244 e. The van der Waals surface area contributed by atoms with Gasteiger partial charge in [0.05, 0.1) is 6.04 Å². The van der Waals surface area contributed by atoms with Gasteiger partial charge in [-0.25, -0.2) is 0 Å². The highest BCUT2D eigenvalue weighted by Gasteiger charge is 2.12. The molecule has 1 unspecified atom stereocenters. The Bertz CT molecular complexity index is 773. The summed E-state index contributed by atoms with van der Waals surface area (Å²) in [6.45, 7) is 1.90. The lowest BCUT2D eigenvalue weighted by Crippen LogP contribution is -2.24. The predicted octanol–water partition coefficient (Wildman–Crippen LogP) is 3.72. The number of amides is 1. The first-order valence-corrected chi connectivity index (χ1v) is 7.09. The number of furan rings is 1. The van der Waals surface area contributed by atoms with Gasteiger partial charge in [-0.2, -0.15) is 0 Å². The predicted molar refractivity (Wildman–Crippen MR) is 86.0 cm³/mol. The zero-order valence-corrected chi connectivity index (χ0v) is 12.2. The van der Waals surface area contributed by atoms with Crippen LogP contribution in [0.3, 0.4) is 0 Å². The molecule has 3 aromatic rings. The van der Waals surface area contributed by atoms with E-state index in [9.17, 15) is 4.79 Å². The lowest BCUT2D eigenvalue weighted by molar-refractivity contribution is -0.117. The monoisotopic (exact) mass is 292 g/mol. The van der Waals surface area contributed by atoms with Gasteiger partial charge in [-0.3, -0.25) is 9.78 Å². The van der Waals surface area contributed by atoms with Crippen molar-refractivity contribution in [1.29, 1.82) is 0 Å². The minimum absolute atomic E-state index is 0.170. The number of pyridine rings is 1. The van der Waals surface area contributed by atoms with Gasteiger partial charge < -0.3 is 9.73 Å². The molecular formula is C18H16N2O2. The Hall–Kier alpha value is -2.88. The van der Waals surface area contributed by atoms with Crippen LogP contribution in [0.1, 0.15) is 24.3 Å². The summed E-state index contributed by atoms with van der Waals surface area (Å²) in [5, 5.41) is 3.92. The average Bonchev–Trinajstić information content (AvgIpc) is 2.98. The third-order valence-electron chi connectivity index (χ3n) is 3.34. The van der Waals surface area contributed by atoms with Crippen molar-refractivity contribution >= 4 is 23.0 Å². The summed E-state index contributed by atoms with van der Waals surface area (Å²) in [5.41, 5.74) is 1.71. The molecule has 0 bridgehead atoms. The number of benzene rings is 1. The largest absolute Gasteiger partial charge is 0.459 e. The molecule has 2 aromatic heterocycles. The molecule has 22 heavy (non-hydrogen) atoms. The third kappa shape index (κ3) is 3.23. The molecule has 4 heteroatoms. The van der Waals surface area contributed by atoms with Gasteiger partial charge in [-0.05, 0) is 36.8 Å². The second-order valence-electron chi connectivity index (χ2n) is 5.04. The summed E-state index contributed by atoms with van der Waals surface area (Å²) < 4.78 is 5.74. The second-order valence-corrected chi connectivity index (χ2v) is 5.04. The number of carbonyl (C=O) groups excluding carboxylic acids is 1. The van der Waals surface area contributed by atoms with Gasteiger partial charge in [-0.1, -0.05) is 24.3 Å². The number of nitrogens with zero attached hydrogens (tertiary/aromatic N) is 1. The summed E-state index contributed by atoms with van der Waals surface area (Å²) in [7, 11) is 0. The molecule has 1 N–H and O–H groups in total. The summed E-state index contributed by atoms with van der Waals surface area (Å²) in [6.07, 6.45) is 6.62. The Morgan fingerprint density at radius 2 is 2.14 bits per heavy atom. The van der Waals surface area contributed by atoms with E-state index in [1.165, 1.54) is 6.08 Å². The van der Waals surface area contributed by atoms with Gasteiger partial charge in [0.15, 0.2) is 0 Å². The van der Waals surface area contributed by atoms with Gasteiger partial charge in [0.1, 0.15) is 11.3 Å². The van der Waals surface area contributed by atoms with E-state index >= 15 is 0 Å². The first-order valence-electron chi connectivity index (χ1n) is 7.09. The van der Waals surface area contributed by atoms with E-state index in [2.05, 4.69) is 10.3 Å². The lowest BCUT2D eigenvalue weighted by atomic mass is 10.2. The number of nitrogens with one attached hydrogen (secondary N) is 1. The lowest BCUT2D eigenvalue weighted by Gasteiger charge is -2.08. The quantitative estimate of drug-likeness (QED) is 0.746. The van der Waals surface area contributed by atoms with Crippen LogP contribution in [0, 0.1) is 0 Å². The zero-order valence-electron chi connectivity index (χ0n) is 12.2. The maximum atomic E-state index is 12.0. The van der Waals surface area contributed by atoms with Crippen molar-refractivity contribution in [3.63, 3.8) is 0 Å². The Balaban J connectivity index is 1.67. The van der Waals surface area contributed by atoms with Crippen molar-refractivity contribution in [1.82, 2.24) is 10.3 Å². The van der Waals surface area contributed by atoms with Gasteiger partial charge in [0, 0.05) is 23.9 Å². The van der Waals surface area contributed by atoms with Crippen molar-refractivity contribution in [3.8, 4) is 0 Å². The van der Waals surface area contributed by atoms with Crippen LogP contribution in [-0.4, -0.2) is 10.9 Å². The van der Waals surface area contributed by atoms with Crippen molar-refractivity contribution < 1.29 is 9.21 Å². The highest BCUT2D eigenvalue weighted by molar-refractivity contribution is 5.92. The molecule has 2 heterocycles. The molecule has 0 saturated heterocycles. The van der Waals surface area contributed by atoms with Crippen LogP contribution in [0.5, 0.6) is 0 Å². The second kappa shape index (κ2) is 6.26. The summed E-state index contributed by atoms with van der Waals surface area (Å²) >= 11 is 0. The van der Waals surface area contributed by atoms with Gasteiger partial charge in [0.25, 0.3) is 0 Å². The summed E-state index contributed by atoms with van der Waals surface area (Å²) in [6, 6.07) is 13.3. The highest BCUT2D eigenvalue weighted by atomic mass is 16.3. The average molecular weight is 292 g/mol. The molecule has 0 aliphatic rings. The van der Waals surface area contributed by atoms with Crippen LogP contribution in [0.25, 0.3) is 17.0 Å². The SMILES string of the molecule is CC(NC(=O)/C=C/c1cccnc1)c1cc2ccccc2o1. The molecule has 0 aliphatic heterocycles. The third-order valence-corrected chi connectivity index (χ3v) is 3.34. The number of para-hydroxylation sites is 1. The van der Waals surface area contributed by atoms with E-state index in [1.807, 2.05) is 49.4 Å². The normalized spacial score (nSPS) is 12.6. The molecule has 3 rings (SSSR count). The Morgan fingerprint density at radius 3 is 2.91 bits per heavy atom.